The Balaban J connectivity index is -0.000000213. The first kappa shape index (κ1) is 17.5. The third kappa shape index (κ3) is 6.84. The van der Waals surface area contributed by atoms with Crippen LogP contribution in [0.5, 0.6) is 0 Å². The van der Waals surface area contributed by atoms with Crippen LogP contribution in [0.3, 0.4) is 0 Å². The molecule has 0 aliphatic rings. The average molecular weight is 325 g/mol. The van der Waals surface area contributed by atoms with Gasteiger partial charge in [-0.15, -0.1) is 0 Å². The van der Waals surface area contributed by atoms with Gasteiger partial charge in [-0.1, -0.05) is 35.4 Å². The van der Waals surface area contributed by atoms with Crippen LogP contribution in [0.2, 0.25) is 0 Å². The zero-order valence-corrected chi connectivity index (χ0v) is 13.0. The summed E-state index contributed by atoms with van der Waals surface area (Å²) in [6, 6.07) is 8.45. The van der Waals surface area contributed by atoms with Crippen LogP contribution in [0.4, 0.5) is 0 Å². The topological polar surface area (TPSA) is 36.5 Å². The van der Waals surface area contributed by atoms with Gasteiger partial charge in [-0.2, -0.15) is 0 Å². The van der Waals surface area contributed by atoms with E-state index in [1.165, 1.54) is 11.1 Å². The van der Waals surface area contributed by atoms with Crippen molar-refractivity contribution in [3.8, 4) is 0 Å². The van der Waals surface area contributed by atoms with Gasteiger partial charge in [0.2, 0.25) is 0 Å². The van der Waals surface area contributed by atoms with Gasteiger partial charge in [-0.3, -0.25) is 0 Å². The number of hydrogen-bond donors (Lipinski definition) is 1. The van der Waals surface area contributed by atoms with Crippen molar-refractivity contribution >= 4 is 23.9 Å². The van der Waals surface area contributed by atoms with Gasteiger partial charge in [-0.05, 0) is 13.8 Å². The molecule has 4 N–H and O–H groups in total. The molecule has 1 rings (SSSR count). The van der Waals surface area contributed by atoms with E-state index in [4.69, 9.17) is 0 Å². The summed E-state index contributed by atoms with van der Waals surface area (Å²) in [4.78, 5) is 0. The molecule has 2 radical (unpaired) electrons. The van der Waals surface area contributed by atoms with Gasteiger partial charge >= 0.3 is 23.9 Å². The number of quaternary nitrogens is 1. The maximum atomic E-state index is 2.17. The van der Waals surface area contributed by atoms with Crippen LogP contribution in [0.25, 0.3) is 0 Å². The quantitative estimate of drug-likeness (QED) is 0.580. The second kappa shape index (κ2) is 8.55. The fraction of sp³-hybridized carbons (Fsp3) is 0.250. The molecular formula is C8H16BrNSn. The summed E-state index contributed by atoms with van der Waals surface area (Å²) in [6.07, 6.45) is 0. The molecule has 0 fully saturated rings. The molecule has 0 spiro atoms. The molecule has 0 aromatic heterocycles. The molecule has 1 aromatic rings. The van der Waals surface area contributed by atoms with Crippen LogP contribution in [-0.2, 0) is 0 Å². The second-order valence-electron chi connectivity index (χ2n) is 2.16. The van der Waals surface area contributed by atoms with E-state index in [-0.39, 0.29) is 47.0 Å². The van der Waals surface area contributed by atoms with Crippen molar-refractivity contribution in [2.75, 3.05) is 0 Å². The van der Waals surface area contributed by atoms with Gasteiger partial charge in [0.05, 0.1) is 0 Å². The molecule has 11 heavy (non-hydrogen) atoms. The molecule has 0 saturated heterocycles. The molecule has 0 aliphatic heterocycles. The Kier molecular flexibility index (Phi) is 13.6. The second-order valence-corrected chi connectivity index (χ2v) is 2.16. The number of aryl methyl sites for hydroxylation is 2. The minimum atomic E-state index is 0. The fourth-order valence-electron chi connectivity index (χ4n) is 0.807. The van der Waals surface area contributed by atoms with Crippen LogP contribution in [0, 0.1) is 13.8 Å². The SMILES string of the molecule is Cc1cccc(C)c1.[Br-].[NH4+].[SnH2]. The van der Waals surface area contributed by atoms with Crippen molar-refractivity contribution in [3.05, 3.63) is 35.4 Å². The van der Waals surface area contributed by atoms with Crippen LogP contribution in [-0.4, -0.2) is 23.9 Å². The molecular weight excluding hydrogens is 309 g/mol. The van der Waals surface area contributed by atoms with E-state index in [0.29, 0.717) is 0 Å². The normalized spacial score (nSPS) is 6.73. The van der Waals surface area contributed by atoms with Gasteiger partial charge in [0, 0.05) is 0 Å². The van der Waals surface area contributed by atoms with E-state index in [0.717, 1.165) is 0 Å². The predicted molar refractivity (Wildman–Crippen MR) is 50.4 cm³/mol. The Morgan fingerprint density at radius 1 is 1.00 bits per heavy atom. The molecule has 0 unspecified atom stereocenters. The molecule has 3 heteroatoms. The fourth-order valence-corrected chi connectivity index (χ4v) is 0.807. The first-order valence-electron chi connectivity index (χ1n) is 2.82. The van der Waals surface area contributed by atoms with Gasteiger partial charge in [0.1, 0.15) is 0 Å². The Bertz CT molecular complexity index is 174. The summed E-state index contributed by atoms with van der Waals surface area (Å²) in [5, 5.41) is 0. The van der Waals surface area contributed by atoms with E-state index < -0.39 is 0 Å². The predicted octanol–water partition coefficient (Wildman–Crippen LogP) is -1.23. The Morgan fingerprint density at radius 2 is 1.36 bits per heavy atom. The third-order valence-electron chi connectivity index (χ3n) is 1.17. The van der Waals surface area contributed by atoms with Crippen LogP contribution in [0.15, 0.2) is 24.3 Å². The van der Waals surface area contributed by atoms with E-state index in [9.17, 15) is 0 Å². The van der Waals surface area contributed by atoms with Gasteiger partial charge in [0.15, 0.2) is 0 Å². The number of benzene rings is 1. The third-order valence-corrected chi connectivity index (χ3v) is 1.17. The van der Waals surface area contributed by atoms with Crippen molar-refractivity contribution in [2.24, 2.45) is 0 Å². The summed E-state index contributed by atoms with van der Waals surface area (Å²) in [5.41, 5.74) is 2.68. The van der Waals surface area contributed by atoms with Gasteiger partial charge in [0.25, 0.3) is 0 Å². The number of hydrogen-bond acceptors (Lipinski definition) is 0. The van der Waals surface area contributed by atoms with Crippen molar-refractivity contribution < 1.29 is 17.0 Å². The summed E-state index contributed by atoms with van der Waals surface area (Å²) >= 11 is 0. The Hall–Kier alpha value is 0.459. The zero-order valence-electron chi connectivity index (χ0n) is 7.39. The first-order valence-corrected chi connectivity index (χ1v) is 2.82. The van der Waals surface area contributed by atoms with Crippen molar-refractivity contribution in [1.82, 2.24) is 6.15 Å². The molecule has 0 bridgehead atoms. The first-order chi connectivity index (χ1) is 3.79. The molecule has 0 amide bonds. The molecule has 0 aliphatic carbocycles. The number of rotatable bonds is 0. The maximum absolute atomic E-state index is 2.17. The molecule has 1 aromatic carbocycles. The van der Waals surface area contributed by atoms with Crippen molar-refractivity contribution in [1.29, 1.82) is 0 Å². The molecule has 0 saturated carbocycles. The molecule has 1 nitrogen and oxygen atoms in total. The van der Waals surface area contributed by atoms with Gasteiger partial charge < -0.3 is 23.1 Å². The average Bonchev–Trinajstić information content (AvgIpc) is 1.64. The van der Waals surface area contributed by atoms with Crippen LogP contribution >= 0.6 is 0 Å². The zero-order chi connectivity index (χ0) is 5.98. The van der Waals surface area contributed by atoms with E-state index in [2.05, 4.69) is 38.1 Å². The van der Waals surface area contributed by atoms with Crippen LogP contribution in [0.1, 0.15) is 11.1 Å². The summed E-state index contributed by atoms with van der Waals surface area (Å²) < 4.78 is 0. The molecule has 0 heterocycles. The summed E-state index contributed by atoms with van der Waals surface area (Å²) in [7, 11) is 0. The summed E-state index contributed by atoms with van der Waals surface area (Å²) in [6.45, 7) is 4.21. The number of halogens is 1. The van der Waals surface area contributed by atoms with E-state index in [1.54, 1.807) is 0 Å². The monoisotopic (exact) mass is 325 g/mol. The Morgan fingerprint density at radius 3 is 1.55 bits per heavy atom. The van der Waals surface area contributed by atoms with Crippen LogP contribution < -0.4 is 23.1 Å². The van der Waals surface area contributed by atoms with Crippen molar-refractivity contribution in [3.63, 3.8) is 0 Å². The minimum absolute atomic E-state index is 0. The molecule has 0 atom stereocenters. The van der Waals surface area contributed by atoms with E-state index >= 15 is 0 Å². The Labute approximate surface area is 95.9 Å². The molecule has 64 valence electrons. The van der Waals surface area contributed by atoms with E-state index in [1.807, 2.05) is 0 Å². The van der Waals surface area contributed by atoms with Gasteiger partial charge in [-0.25, -0.2) is 0 Å². The summed E-state index contributed by atoms with van der Waals surface area (Å²) in [5.74, 6) is 0. The van der Waals surface area contributed by atoms with Crippen molar-refractivity contribution in [2.45, 2.75) is 13.8 Å². The standard InChI is InChI=1S/C8H10.BrH.H3N.Sn.2H/c1-7-4-3-5-8(2)6-7;;;;;/h3-6H,1-2H3;1H;1H3;;;.